The second-order valence-electron chi connectivity index (χ2n) is 5.04. The van der Waals surface area contributed by atoms with Crippen molar-refractivity contribution >= 4 is 23.1 Å². The van der Waals surface area contributed by atoms with Crippen LogP contribution in [0.5, 0.6) is 0 Å². The predicted octanol–water partition coefficient (Wildman–Crippen LogP) is 3.41. The summed E-state index contributed by atoms with van der Waals surface area (Å²) >= 11 is 0. The lowest BCUT2D eigenvalue weighted by atomic mass is 10.1. The summed E-state index contributed by atoms with van der Waals surface area (Å²) in [6.07, 6.45) is 3.88. The first-order valence-corrected chi connectivity index (χ1v) is 6.86. The molecule has 0 atom stereocenters. The van der Waals surface area contributed by atoms with E-state index in [1.807, 2.05) is 48.6 Å². The predicted molar refractivity (Wildman–Crippen MR) is 87.1 cm³/mol. The van der Waals surface area contributed by atoms with E-state index in [-0.39, 0.29) is 5.56 Å². The molecule has 0 aliphatic heterocycles. The van der Waals surface area contributed by atoms with Gasteiger partial charge in [-0.2, -0.15) is 0 Å². The number of fused-ring (bicyclic) bond motifs is 1. The van der Waals surface area contributed by atoms with Crippen molar-refractivity contribution in [1.29, 1.82) is 0 Å². The van der Waals surface area contributed by atoms with E-state index in [0.717, 1.165) is 11.1 Å². The van der Waals surface area contributed by atoms with Gasteiger partial charge < -0.3 is 0 Å². The zero-order valence-electron chi connectivity index (χ0n) is 12.1. The molecule has 0 spiro atoms. The Balaban J connectivity index is 2.11. The first-order chi connectivity index (χ1) is 10.2. The minimum atomic E-state index is -0.0231. The van der Waals surface area contributed by atoms with E-state index < -0.39 is 0 Å². The summed E-state index contributed by atoms with van der Waals surface area (Å²) in [5.74, 6) is 0.655. The van der Waals surface area contributed by atoms with Crippen LogP contribution in [0.25, 0.3) is 23.1 Å². The van der Waals surface area contributed by atoms with E-state index in [0.29, 0.717) is 11.2 Å². The van der Waals surface area contributed by atoms with Crippen molar-refractivity contribution in [2.75, 3.05) is 0 Å². The van der Waals surface area contributed by atoms with Crippen molar-refractivity contribution in [3.8, 4) is 0 Å². The Bertz CT molecular complexity index is 891. The van der Waals surface area contributed by atoms with Crippen LogP contribution in [0, 0.1) is 6.92 Å². The Morgan fingerprint density at radius 3 is 2.52 bits per heavy atom. The van der Waals surface area contributed by atoms with E-state index in [1.165, 1.54) is 5.56 Å². The van der Waals surface area contributed by atoms with Gasteiger partial charge in [0.15, 0.2) is 0 Å². The number of nitrogens with zero attached hydrogens (tertiary/aromatic N) is 2. The highest BCUT2D eigenvalue weighted by Crippen LogP contribution is 2.12. The average molecular weight is 276 g/mol. The average Bonchev–Trinajstić information content (AvgIpc) is 2.51. The maximum absolute atomic E-state index is 12.3. The van der Waals surface area contributed by atoms with E-state index in [2.05, 4.69) is 18.0 Å². The second-order valence-corrected chi connectivity index (χ2v) is 5.04. The quantitative estimate of drug-likeness (QED) is 0.719. The molecule has 1 aromatic heterocycles. The van der Waals surface area contributed by atoms with Crippen molar-refractivity contribution in [2.45, 2.75) is 6.92 Å². The largest absolute Gasteiger partial charge is 0.296 e. The number of hydrogen-bond acceptors (Lipinski definition) is 2. The number of hydrogen-bond donors (Lipinski definition) is 0. The number of benzene rings is 2. The van der Waals surface area contributed by atoms with Gasteiger partial charge in [-0.3, -0.25) is 9.36 Å². The highest BCUT2D eigenvalue weighted by molar-refractivity contribution is 5.79. The zero-order chi connectivity index (χ0) is 14.8. The molecule has 0 amide bonds. The van der Waals surface area contributed by atoms with Gasteiger partial charge in [0.2, 0.25) is 0 Å². The van der Waals surface area contributed by atoms with E-state index in [4.69, 9.17) is 0 Å². The third kappa shape index (κ3) is 2.50. The fourth-order valence-electron chi connectivity index (χ4n) is 2.32. The van der Waals surface area contributed by atoms with Crippen LogP contribution >= 0.6 is 0 Å². The lowest BCUT2D eigenvalue weighted by molar-refractivity contribution is 0.828. The number of aryl methyl sites for hydroxylation is 1. The van der Waals surface area contributed by atoms with Crippen LogP contribution in [0.15, 0.2) is 53.3 Å². The molecule has 0 aliphatic carbocycles. The molecule has 0 unspecified atom stereocenters. The molecule has 0 radical (unpaired) electrons. The van der Waals surface area contributed by atoms with E-state index >= 15 is 0 Å². The van der Waals surface area contributed by atoms with E-state index in [1.54, 1.807) is 17.7 Å². The molecule has 2 aromatic carbocycles. The van der Waals surface area contributed by atoms with Gasteiger partial charge in [-0.05, 0) is 36.3 Å². The monoisotopic (exact) mass is 276 g/mol. The second kappa shape index (κ2) is 5.37. The van der Waals surface area contributed by atoms with Crippen LogP contribution < -0.4 is 5.56 Å². The Kier molecular flexibility index (Phi) is 3.40. The summed E-state index contributed by atoms with van der Waals surface area (Å²) in [5.41, 5.74) is 3.02. The molecule has 0 saturated carbocycles. The van der Waals surface area contributed by atoms with Gasteiger partial charge in [0.1, 0.15) is 5.82 Å². The van der Waals surface area contributed by atoms with Crippen molar-refractivity contribution in [3.05, 3.63) is 75.8 Å². The van der Waals surface area contributed by atoms with Gasteiger partial charge >= 0.3 is 0 Å². The van der Waals surface area contributed by atoms with Gasteiger partial charge in [-0.15, -0.1) is 0 Å². The smallest absolute Gasteiger partial charge is 0.261 e. The van der Waals surface area contributed by atoms with Crippen LogP contribution in [0.1, 0.15) is 17.0 Å². The van der Waals surface area contributed by atoms with Crippen LogP contribution in [0.3, 0.4) is 0 Å². The molecule has 0 N–H and O–H groups in total. The van der Waals surface area contributed by atoms with Gasteiger partial charge in [0.25, 0.3) is 5.56 Å². The maximum atomic E-state index is 12.3. The minimum absolute atomic E-state index is 0.0231. The molecule has 1 heterocycles. The molecule has 0 fully saturated rings. The molecule has 3 heteroatoms. The normalized spacial score (nSPS) is 11.3. The number of aromatic nitrogens is 2. The Hall–Kier alpha value is -2.68. The SMILES string of the molecule is Cc1ccccc1/C=C\c1nc2ccccc2c(=O)n1C. The van der Waals surface area contributed by atoms with Gasteiger partial charge in [0.05, 0.1) is 10.9 Å². The summed E-state index contributed by atoms with van der Waals surface area (Å²) in [4.78, 5) is 16.9. The summed E-state index contributed by atoms with van der Waals surface area (Å²) < 4.78 is 1.58. The number of rotatable bonds is 2. The molecular formula is C18H16N2O. The van der Waals surface area contributed by atoms with Gasteiger partial charge in [0, 0.05) is 7.05 Å². The molecule has 0 aliphatic rings. The highest BCUT2D eigenvalue weighted by atomic mass is 16.1. The molecule has 3 nitrogen and oxygen atoms in total. The summed E-state index contributed by atoms with van der Waals surface area (Å²) in [7, 11) is 1.75. The summed E-state index contributed by atoms with van der Waals surface area (Å²) in [6, 6.07) is 15.5. The summed E-state index contributed by atoms with van der Waals surface area (Å²) in [6.45, 7) is 2.06. The standard InChI is InChI=1S/C18H16N2O/c1-13-7-3-4-8-14(13)11-12-17-19-16-10-6-5-9-15(16)18(21)20(17)2/h3-12H,1-2H3/b12-11-. The van der Waals surface area contributed by atoms with Crippen molar-refractivity contribution in [1.82, 2.24) is 9.55 Å². The topological polar surface area (TPSA) is 34.9 Å². The summed E-state index contributed by atoms with van der Waals surface area (Å²) in [5, 5.41) is 0.646. The maximum Gasteiger partial charge on any atom is 0.261 e. The van der Waals surface area contributed by atoms with Crippen LogP contribution in [0.4, 0.5) is 0 Å². The first-order valence-electron chi connectivity index (χ1n) is 6.86. The molecule has 104 valence electrons. The fraction of sp³-hybridized carbons (Fsp3) is 0.111. The van der Waals surface area contributed by atoms with Crippen LogP contribution in [-0.2, 0) is 7.05 Å². The Labute approximate surface area is 123 Å². The molecule has 3 aromatic rings. The molecule has 3 rings (SSSR count). The third-order valence-corrected chi connectivity index (χ3v) is 3.62. The lowest BCUT2D eigenvalue weighted by Gasteiger charge is -2.06. The van der Waals surface area contributed by atoms with Crippen LogP contribution in [0.2, 0.25) is 0 Å². The molecule has 0 saturated heterocycles. The van der Waals surface area contributed by atoms with Gasteiger partial charge in [-0.1, -0.05) is 42.5 Å². The van der Waals surface area contributed by atoms with Crippen molar-refractivity contribution in [3.63, 3.8) is 0 Å². The number of para-hydroxylation sites is 1. The minimum Gasteiger partial charge on any atom is -0.296 e. The molecular weight excluding hydrogens is 260 g/mol. The Morgan fingerprint density at radius 2 is 1.71 bits per heavy atom. The zero-order valence-corrected chi connectivity index (χ0v) is 12.1. The van der Waals surface area contributed by atoms with Gasteiger partial charge in [-0.25, -0.2) is 4.98 Å². The first kappa shape index (κ1) is 13.3. The van der Waals surface area contributed by atoms with Crippen LogP contribution in [-0.4, -0.2) is 9.55 Å². The lowest BCUT2D eigenvalue weighted by Crippen LogP contribution is -2.20. The third-order valence-electron chi connectivity index (χ3n) is 3.62. The van der Waals surface area contributed by atoms with Crippen molar-refractivity contribution in [2.24, 2.45) is 7.05 Å². The highest BCUT2D eigenvalue weighted by Gasteiger charge is 2.05. The molecule has 21 heavy (non-hydrogen) atoms. The molecule has 0 bridgehead atoms. The Morgan fingerprint density at radius 1 is 1.00 bits per heavy atom. The van der Waals surface area contributed by atoms with Crippen molar-refractivity contribution < 1.29 is 0 Å². The van der Waals surface area contributed by atoms with E-state index in [9.17, 15) is 4.79 Å². The fourth-order valence-corrected chi connectivity index (χ4v) is 2.32.